The Kier molecular flexibility index (Phi) is 4.95. The molecule has 0 saturated heterocycles. The minimum Gasteiger partial charge on any atom is -0.461 e. The molecule has 0 spiro atoms. The Balaban J connectivity index is 1.69. The van der Waals surface area contributed by atoms with Crippen molar-refractivity contribution in [2.75, 3.05) is 5.32 Å². The van der Waals surface area contributed by atoms with E-state index >= 15 is 0 Å². The molecule has 7 nitrogen and oxygen atoms in total. The molecule has 0 unspecified atom stereocenters. The predicted octanol–water partition coefficient (Wildman–Crippen LogP) is 4.20. The van der Waals surface area contributed by atoms with E-state index in [1.807, 2.05) is 44.2 Å². The first-order valence-corrected chi connectivity index (χ1v) is 9.34. The molecule has 0 aliphatic carbocycles. The quantitative estimate of drug-likeness (QED) is 0.500. The average molecular weight is 388 g/mol. The average Bonchev–Trinajstić information content (AvgIpc) is 3.37. The number of hydrogen-bond acceptors (Lipinski definition) is 5. The highest BCUT2D eigenvalue weighted by atomic mass is 16.3. The van der Waals surface area contributed by atoms with Crippen LogP contribution in [0.2, 0.25) is 0 Å². The third-order valence-corrected chi connectivity index (χ3v) is 4.43. The Labute approximate surface area is 167 Å². The second-order valence-corrected chi connectivity index (χ2v) is 7.16. The van der Waals surface area contributed by atoms with Crippen molar-refractivity contribution in [3.63, 3.8) is 0 Å². The van der Waals surface area contributed by atoms with Crippen molar-refractivity contribution in [2.24, 2.45) is 5.92 Å². The number of fused-ring (bicyclic) bond motifs is 1. The molecule has 0 bridgehead atoms. The molecule has 29 heavy (non-hydrogen) atoms. The fraction of sp³-hybridized carbons (Fsp3) is 0.182. The molecule has 1 amide bonds. The van der Waals surface area contributed by atoms with E-state index in [1.54, 1.807) is 22.8 Å². The van der Waals surface area contributed by atoms with Gasteiger partial charge in [0.25, 0.3) is 0 Å². The van der Waals surface area contributed by atoms with Gasteiger partial charge in [0.2, 0.25) is 11.7 Å². The van der Waals surface area contributed by atoms with Gasteiger partial charge in [0.1, 0.15) is 0 Å². The molecule has 3 heterocycles. The third kappa shape index (κ3) is 3.80. The summed E-state index contributed by atoms with van der Waals surface area (Å²) in [4.78, 5) is 29.1. The second-order valence-electron chi connectivity index (χ2n) is 7.16. The number of nitrogens with one attached hydrogen (secondary N) is 1. The van der Waals surface area contributed by atoms with Crippen LogP contribution in [0.4, 0.5) is 5.69 Å². The van der Waals surface area contributed by atoms with Crippen molar-refractivity contribution in [1.82, 2.24) is 14.6 Å². The van der Waals surface area contributed by atoms with Gasteiger partial charge in [-0.2, -0.15) is 5.10 Å². The molecule has 1 N–H and O–H groups in total. The smallest absolute Gasteiger partial charge is 0.233 e. The highest BCUT2D eigenvalue weighted by molar-refractivity contribution is 6.10. The molecule has 146 valence electrons. The van der Waals surface area contributed by atoms with E-state index < -0.39 is 0 Å². The maximum absolute atomic E-state index is 12.7. The van der Waals surface area contributed by atoms with E-state index in [-0.39, 0.29) is 23.4 Å². The first kappa shape index (κ1) is 18.6. The summed E-state index contributed by atoms with van der Waals surface area (Å²) in [5.41, 5.74) is 3.12. The van der Waals surface area contributed by atoms with Crippen LogP contribution in [-0.2, 0) is 4.79 Å². The van der Waals surface area contributed by atoms with Gasteiger partial charge in [-0.1, -0.05) is 26.0 Å². The lowest BCUT2D eigenvalue weighted by molar-refractivity contribution is -0.116. The molecule has 4 aromatic rings. The zero-order valence-corrected chi connectivity index (χ0v) is 16.1. The number of anilines is 1. The summed E-state index contributed by atoms with van der Waals surface area (Å²) in [6, 6.07) is 12.6. The minimum absolute atomic E-state index is 0.0255. The van der Waals surface area contributed by atoms with Crippen LogP contribution >= 0.6 is 0 Å². The Morgan fingerprint density at radius 2 is 2.03 bits per heavy atom. The first-order valence-electron chi connectivity index (χ1n) is 9.34. The van der Waals surface area contributed by atoms with Crippen LogP contribution in [0.5, 0.6) is 0 Å². The zero-order chi connectivity index (χ0) is 20.4. The van der Waals surface area contributed by atoms with E-state index in [0.717, 1.165) is 11.3 Å². The number of carbonyl (C=O) groups excluding carboxylic acids is 2. The summed E-state index contributed by atoms with van der Waals surface area (Å²) in [6.45, 7) is 4.01. The maximum atomic E-state index is 12.7. The molecule has 0 saturated carbocycles. The zero-order valence-electron chi connectivity index (χ0n) is 16.1. The van der Waals surface area contributed by atoms with Gasteiger partial charge in [-0.25, -0.2) is 9.50 Å². The van der Waals surface area contributed by atoms with Crippen molar-refractivity contribution in [2.45, 2.75) is 20.3 Å². The monoisotopic (exact) mass is 388 g/mol. The highest BCUT2D eigenvalue weighted by Crippen LogP contribution is 2.25. The van der Waals surface area contributed by atoms with Gasteiger partial charge in [-0.15, -0.1) is 0 Å². The minimum atomic E-state index is -0.274. The molecule has 7 heteroatoms. The Hall–Kier alpha value is -3.74. The number of amides is 1. The number of hydrogen-bond donors (Lipinski definition) is 1. The van der Waals surface area contributed by atoms with Crippen molar-refractivity contribution in [3.8, 4) is 11.3 Å². The summed E-state index contributed by atoms with van der Waals surface area (Å²) < 4.78 is 6.82. The topological polar surface area (TPSA) is 89.5 Å². The molecule has 4 rings (SSSR count). The van der Waals surface area contributed by atoms with Crippen LogP contribution in [0.15, 0.2) is 65.5 Å². The maximum Gasteiger partial charge on any atom is 0.233 e. The lowest BCUT2D eigenvalue weighted by Crippen LogP contribution is -2.13. The van der Waals surface area contributed by atoms with Gasteiger partial charge in [-0.3, -0.25) is 9.59 Å². The fourth-order valence-electron chi connectivity index (χ4n) is 3.15. The number of aromatic nitrogens is 3. The summed E-state index contributed by atoms with van der Waals surface area (Å²) in [7, 11) is 0. The number of benzene rings is 1. The van der Waals surface area contributed by atoms with Gasteiger partial charge >= 0.3 is 0 Å². The molecule has 0 fully saturated rings. The fourth-order valence-corrected chi connectivity index (χ4v) is 3.15. The third-order valence-electron chi connectivity index (χ3n) is 4.43. The molecular formula is C22H20N4O3. The van der Waals surface area contributed by atoms with Crippen LogP contribution in [0.1, 0.15) is 36.4 Å². The SMILES string of the molecule is CC(C)CC(=O)Nc1cccc(-c2ccnc3c(C(=O)c4ccco4)cnn23)c1. The molecule has 0 radical (unpaired) electrons. The van der Waals surface area contributed by atoms with E-state index in [2.05, 4.69) is 15.4 Å². The predicted molar refractivity (Wildman–Crippen MR) is 109 cm³/mol. The number of furan rings is 1. The van der Waals surface area contributed by atoms with Gasteiger partial charge in [0, 0.05) is 23.9 Å². The standard InChI is InChI=1S/C22H20N4O3/c1-14(2)11-20(27)25-16-6-3-5-15(12-16)18-8-9-23-22-17(13-24-26(18)22)21(28)19-7-4-10-29-19/h3-10,12-14H,11H2,1-2H3,(H,25,27). The van der Waals surface area contributed by atoms with Crippen LogP contribution in [0.3, 0.4) is 0 Å². The van der Waals surface area contributed by atoms with Gasteiger partial charge in [0.15, 0.2) is 11.4 Å². The molecule has 1 aromatic carbocycles. The largest absolute Gasteiger partial charge is 0.461 e. The van der Waals surface area contributed by atoms with Crippen LogP contribution < -0.4 is 5.32 Å². The van der Waals surface area contributed by atoms with Crippen LogP contribution in [-0.4, -0.2) is 26.3 Å². The number of carbonyl (C=O) groups is 2. The molecular weight excluding hydrogens is 368 g/mol. The molecule has 3 aromatic heterocycles. The summed E-state index contributed by atoms with van der Waals surface area (Å²) in [5.74, 6) is 0.223. The van der Waals surface area contributed by atoms with E-state index in [1.165, 1.54) is 12.5 Å². The van der Waals surface area contributed by atoms with Gasteiger partial charge in [-0.05, 0) is 36.2 Å². The van der Waals surface area contributed by atoms with E-state index in [9.17, 15) is 9.59 Å². The summed E-state index contributed by atoms with van der Waals surface area (Å²) >= 11 is 0. The van der Waals surface area contributed by atoms with E-state index in [4.69, 9.17) is 4.42 Å². The highest BCUT2D eigenvalue weighted by Gasteiger charge is 2.19. The van der Waals surface area contributed by atoms with Crippen LogP contribution in [0.25, 0.3) is 16.9 Å². The Morgan fingerprint density at radius 3 is 2.79 bits per heavy atom. The lowest BCUT2D eigenvalue weighted by atomic mass is 10.1. The number of ketones is 1. The van der Waals surface area contributed by atoms with Crippen molar-refractivity contribution in [3.05, 3.63) is 72.4 Å². The normalized spacial score (nSPS) is 11.1. The van der Waals surface area contributed by atoms with Crippen molar-refractivity contribution < 1.29 is 14.0 Å². The van der Waals surface area contributed by atoms with Crippen molar-refractivity contribution in [1.29, 1.82) is 0 Å². The Morgan fingerprint density at radius 1 is 1.17 bits per heavy atom. The molecule has 0 atom stereocenters. The van der Waals surface area contributed by atoms with Gasteiger partial charge < -0.3 is 9.73 Å². The summed E-state index contributed by atoms with van der Waals surface area (Å²) in [5, 5.41) is 7.28. The second kappa shape index (κ2) is 7.71. The molecule has 0 aliphatic rings. The summed E-state index contributed by atoms with van der Waals surface area (Å²) in [6.07, 6.45) is 5.04. The Bertz CT molecular complexity index is 1180. The van der Waals surface area contributed by atoms with E-state index in [0.29, 0.717) is 23.3 Å². The van der Waals surface area contributed by atoms with Crippen LogP contribution in [0, 0.1) is 5.92 Å². The molecule has 0 aliphatic heterocycles. The first-order chi connectivity index (χ1) is 14.0. The number of rotatable bonds is 6. The number of nitrogens with zero attached hydrogens (tertiary/aromatic N) is 3. The lowest BCUT2D eigenvalue weighted by Gasteiger charge is -2.10. The van der Waals surface area contributed by atoms with Crippen molar-refractivity contribution >= 4 is 23.0 Å². The van der Waals surface area contributed by atoms with Gasteiger partial charge in [0.05, 0.1) is 23.7 Å².